The zero-order chi connectivity index (χ0) is 9.26. The van der Waals surface area contributed by atoms with E-state index in [-0.39, 0.29) is 5.82 Å². The molecule has 0 spiro atoms. The number of hydrogen-bond donors (Lipinski definition) is 2. The molecule has 5 heteroatoms. The molecule has 1 aromatic heterocycles. The Hall–Kier alpha value is -1.91. The van der Waals surface area contributed by atoms with Crippen molar-refractivity contribution >= 4 is 5.69 Å². The lowest BCUT2D eigenvalue weighted by Crippen LogP contribution is -1.89. The van der Waals surface area contributed by atoms with Crippen LogP contribution < -0.4 is 5.73 Å². The van der Waals surface area contributed by atoms with Crippen molar-refractivity contribution in [1.29, 1.82) is 0 Å². The van der Waals surface area contributed by atoms with Gasteiger partial charge in [-0.15, -0.1) is 0 Å². The number of hydrogen-bond acceptors (Lipinski definition) is 3. The van der Waals surface area contributed by atoms with E-state index in [1.54, 1.807) is 6.07 Å². The van der Waals surface area contributed by atoms with Crippen molar-refractivity contribution in [2.45, 2.75) is 0 Å². The third-order valence-corrected chi connectivity index (χ3v) is 1.61. The summed E-state index contributed by atoms with van der Waals surface area (Å²) in [5, 5.41) is 6.28. The number of aromatic nitrogens is 3. The fourth-order valence-electron chi connectivity index (χ4n) is 1.09. The summed E-state index contributed by atoms with van der Waals surface area (Å²) < 4.78 is 12.9. The van der Waals surface area contributed by atoms with E-state index in [1.807, 2.05) is 0 Å². The Bertz CT molecular complexity index is 390. The molecule has 0 bridgehead atoms. The van der Waals surface area contributed by atoms with Crippen molar-refractivity contribution in [3.8, 4) is 11.4 Å². The summed E-state index contributed by atoms with van der Waals surface area (Å²) in [7, 11) is 0. The maximum atomic E-state index is 12.9. The van der Waals surface area contributed by atoms with E-state index in [1.165, 1.54) is 18.5 Å². The van der Waals surface area contributed by atoms with Crippen LogP contribution in [0.1, 0.15) is 0 Å². The van der Waals surface area contributed by atoms with Gasteiger partial charge in [0.05, 0.1) is 0 Å². The molecular formula is C8H7FN4. The molecule has 1 heterocycles. The number of H-pyrrole nitrogens is 1. The zero-order valence-corrected chi connectivity index (χ0v) is 6.66. The molecule has 2 aromatic rings. The van der Waals surface area contributed by atoms with Crippen LogP contribution in [0.4, 0.5) is 10.1 Å². The summed E-state index contributed by atoms with van der Waals surface area (Å²) in [5.41, 5.74) is 6.42. The lowest BCUT2D eigenvalue weighted by molar-refractivity contribution is 0.629. The predicted octanol–water partition coefficient (Wildman–Crippen LogP) is 1.19. The van der Waals surface area contributed by atoms with E-state index in [4.69, 9.17) is 5.73 Å². The fraction of sp³-hybridized carbons (Fsp3) is 0. The second kappa shape index (κ2) is 2.85. The maximum Gasteiger partial charge on any atom is 0.155 e. The Morgan fingerprint density at radius 1 is 1.31 bits per heavy atom. The quantitative estimate of drug-likeness (QED) is 0.644. The second-order valence-corrected chi connectivity index (χ2v) is 2.61. The minimum Gasteiger partial charge on any atom is -0.399 e. The van der Waals surface area contributed by atoms with Crippen LogP contribution in [0.25, 0.3) is 11.4 Å². The van der Waals surface area contributed by atoms with E-state index in [0.29, 0.717) is 17.1 Å². The van der Waals surface area contributed by atoms with Crippen LogP contribution in [-0.4, -0.2) is 15.2 Å². The summed E-state index contributed by atoms with van der Waals surface area (Å²) in [6.07, 6.45) is 1.36. The lowest BCUT2D eigenvalue weighted by atomic mass is 10.2. The third kappa shape index (κ3) is 1.48. The third-order valence-electron chi connectivity index (χ3n) is 1.61. The average Bonchev–Trinajstić information content (AvgIpc) is 2.53. The first-order valence-electron chi connectivity index (χ1n) is 3.67. The predicted molar refractivity (Wildman–Crippen MR) is 46.2 cm³/mol. The number of rotatable bonds is 1. The van der Waals surface area contributed by atoms with E-state index in [2.05, 4.69) is 15.2 Å². The molecule has 0 saturated carbocycles. The maximum absolute atomic E-state index is 12.9. The van der Waals surface area contributed by atoms with Gasteiger partial charge in [0.2, 0.25) is 0 Å². The SMILES string of the molecule is Nc1cc(F)cc(-c2ncn[nH]2)c1. The molecule has 2 rings (SSSR count). The molecular weight excluding hydrogens is 171 g/mol. The van der Waals surface area contributed by atoms with Gasteiger partial charge in [-0.1, -0.05) is 0 Å². The van der Waals surface area contributed by atoms with Gasteiger partial charge in [-0.05, 0) is 18.2 Å². The summed E-state index contributed by atoms with van der Waals surface area (Å²) >= 11 is 0. The normalized spacial score (nSPS) is 10.2. The largest absolute Gasteiger partial charge is 0.399 e. The smallest absolute Gasteiger partial charge is 0.155 e. The van der Waals surface area contributed by atoms with Crippen molar-refractivity contribution in [3.05, 3.63) is 30.3 Å². The van der Waals surface area contributed by atoms with E-state index < -0.39 is 0 Å². The van der Waals surface area contributed by atoms with Gasteiger partial charge in [-0.25, -0.2) is 9.37 Å². The minimum atomic E-state index is -0.383. The highest BCUT2D eigenvalue weighted by Gasteiger charge is 2.03. The minimum absolute atomic E-state index is 0.367. The number of nitrogen functional groups attached to an aromatic ring is 1. The van der Waals surface area contributed by atoms with E-state index in [0.717, 1.165) is 0 Å². The molecule has 0 unspecified atom stereocenters. The van der Waals surface area contributed by atoms with Gasteiger partial charge >= 0.3 is 0 Å². The number of nitrogens with one attached hydrogen (secondary N) is 1. The average molecular weight is 178 g/mol. The lowest BCUT2D eigenvalue weighted by Gasteiger charge is -1.98. The van der Waals surface area contributed by atoms with Gasteiger partial charge in [-0.3, -0.25) is 5.10 Å². The number of nitrogens with zero attached hydrogens (tertiary/aromatic N) is 2. The van der Waals surface area contributed by atoms with Gasteiger partial charge in [0, 0.05) is 11.3 Å². The molecule has 66 valence electrons. The molecule has 3 N–H and O–H groups in total. The van der Waals surface area contributed by atoms with Crippen LogP contribution in [0.15, 0.2) is 24.5 Å². The first-order valence-corrected chi connectivity index (χ1v) is 3.67. The van der Waals surface area contributed by atoms with Gasteiger partial charge in [-0.2, -0.15) is 5.10 Å². The molecule has 0 saturated heterocycles. The second-order valence-electron chi connectivity index (χ2n) is 2.61. The van der Waals surface area contributed by atoms with E-state index in [9.17, 15) is 4.39 Å². The summed E-state index contributed by atoms with van der Waals surface area (Å²) in [6.45, 7) is 0. The molecule has 0 amide bonds. The van der Waals surface area contributed by atoms with Gasteiger partial charge in [0.1, 0.15) is 12.1 Å². The molecule has 0 aliphatic rings. The molecule has 0 aliphatic carbocycles. The number of halogens is 1. The highest BCUT2D eigenvalue weighted by atomic mass is 19.1. The van der Waals surface area contributed by atoms with Crippen LogP contribution in [0, 0.1) is 5.82 Å². The Labute approximate surface area is 73.6 Å². The number of benzene rings is 1. The molecule has 1 aromatic carbocycles. The Balaban J connectivity index is 2.53. The van der Waals surface area contributed by atoms with E-state index >= 15 is 0 Å². The fourth-order valence-corrected chi connectivity index (χ4v) is 1.09. The monoisotopic (exact) mass is 178 g/mol. The van der Waals surface area contributed by atoms with Crippen LogP contribution in [0.2, 0.25) is 0 Å². The van der Waals surface area contributed by atoms with Crippen molar-refractivity contribution in [2.75, 3.05) is 5.73 Å². The molecule has 0 atom stereocenters. The molecule has 4 nitrogen and oxygen atoms in total. The summed E-state index contributed by atoms with van der Waals surface area (Å²) in [6, 6.07) is 4.22. The van der Waals surface area contributed by atoms with Crippen molar-refractivity contribution in [3.63, 3.8) is 0 Å². The summed E-state index contributed by atoms with van der Waals surface area (Å²) in [5.74, 6) is 0.123. The molecule has 13 heavy (non-hydrogen) atoms. The van der Waals surface area contributed by atoms with Gasteiger partial charge in [0.25, 0.3) is 0 Å². The van der Waals surface area contributed by atoms with Crippen molar-refractivity contribution in [1.82, 2.24) is 15.2 Å². The van der Waals surface area contributed by atoms with Crippen LogP contribution in [0.3, 0.4) is 0 Å². The zero-order valence-electron chi connectivity index (χ0n) is 6.66. The topological polar surface area (TPSA) is 67.6 Å². The Kier molecular flexibility index (Phi) is 1.70. The number of nitrogens with two attached hydrogens (primary N) is 1. The van der Waals surface area contributed by atoms with Gasteiger partial charge < -0.3 is 5.73 Å². The molecule has 0 radical (unpaired) electrons. The van der Waals surface area contributed by atoms with Crippen LogP contribution in [-0.2, 0) is 0 Å². The molecule has 0 fully saturated rings. The highest BCUT2D eigenvalue weighted by Crippen LogP contribution is 2.18. The highest BCUT2D eigenvalue weighted by molar-refractivity contribution is 5.60. The number of anilines is 1. The van der Waals surface area contributed by atoms with Crippen LogP contribution in [0.5, 0.6) is 0 Å². The summed E-state index contributed by atoms with van der Waals surface area (Å²) in [4.78, 5) is 3.88. The Morgan fingerprint density at radius 3 is 2.77 bits per heavy atom. The number of aromatic amines is 1. The van der Waals surface area contributed by atoms with Crippen molar-refractivity contribution < 1.29 is 4.39 Å². The first kappa shape index (κ1) is 7.72. The standard InChI is InChI=1S/C8H7FN4/c9-6-1-5(2-7(10)3-6)8-11-4-12-13-8/h1-4H,10H2,(H,11,12,13). The Morgan fingerprint density at radius 2 is 2.15 bits per heavy atom. The first-order chi connectivity index (χ1) is 6.25. The van der Waals surface area contributed by atoms with Crippen LogP contribution >= 0.6 is 0 Å². The van der Waals surface area contributed by atoms with Gasteiger partial charge in [0.15, 0.2) is 5.82 Å². The molecule has 0 aliphatic heterocycles. The van der Waals surface area contributed by atoms with Crippen molar-refractivity contribution in [2.24, 2.45) is 0 Å².